The Morgan fingerprint density at radius 3 is 2.26 bits per heavy atom. The maximum absolute atomic E-state index is 12.6. The van der Waals surface area contributed by atoms with E-state index in [2.05, 4.69) is 38.2 Å². The summed E-state index contributed by atoms with van der Waals surface area (Å²) in [4.78, 5) is 12.6. The number of nitrogens with one attached hydrogen (secondary N) is 1. The van der Waals surface area contributed by atoms with E-state index >= 15 is 0 Å². The Kier molecular flexibility index (Phi) is 4.77. The number of hydrogen-bond acceptors (Lipinski definition) is 2. The van der Waals surface area contributed by atoms with Crippen molar-refractivity contribution in [3.8, 4) is 0 Å². The molecule has 2 saturated carbocycles. The van der Waals surface area contributed by atoms with Crippen LogP contribution in [0.1, 0.15) is 54.4 Å². The quantitative estimate of drug-likeness (QED) is 0.898. The molecule has 3 heteroatoms. The van der Waals surface area contributed by atoms with E-state index in [0.717, 1.165) is 12.8 Å². The first-order chi connectivity index (χ1) is 11.0. The molecule has 2 aliphatic rings. The zero-order valence-electron chi connectivity index (χ0n) is 14.7. The van der Waals surface area contributed by atoms with Crippen molar-refractivity contribution in [2.24, 2.45) is 23.5 Å². The Bertz CT molecular complexity index is 558. The molecule has 2 fully saturated rings. The molecule has 0 saturated heterocycles. The highest BCUT2D eigenvalue weighted by atomic mass is 16.1. The van der Waals surface area contributed by atoms with Crippen molar-refractivity contribution in [1.82, 2.24) is 5.32 Å². The molecule has 2 bridgehead atoms. The van der Waals surface area contributed by atoms with Crippen molar-refractivity contribution >= 4 is 5.91 Å². The molecule has 126 valence electrons. The molecule has 2 atom stereocenters. The van der Waals surface area contributed by atoms with Crippen LogP contribution in [0, 0.1) is 38.5 Å². The minimum atomic E-state index is 0.163. The summed E-state index contributed by atoms with van der Waals surface area (Å²) in [6, 6.07) is 4.71. The molecule has 0 heterocycles. The predicted molar refractivity (Wildman–Crippen MR) is 94.0 cm³/mol. The summed E-state index contributed by atoms with van der Waals surface area (Å²) in [5.41, 5.74) is 11.4. The van der Waals surface area contributed by atoms with Crippen LogP contribution in [-0.4, -0.2) is 11.9 Å². The Labute approximate surface area is 140 Å². The van der Waals surface area contributed by atoms with Crippen LogP contribution in [0.4, 0.5) is 0 Å². The SMILES string of the molecule is Cc1cc(C)c(CNC(=O)C2CC3CCCC(C2)C3N)c(C)c1. The fraction of sp³-hybridized carbons (Fsp3) is 0.650. The van der Waals surface area contributed by atoms with Gasteiger partial charge in [-0.05, 0) is 75.0 Å². The van der Waals surface area contributed by atoms with E-state index in [9.17, 15) is 4.79 Å². The molecule has 1 amide bonds. The number of aryl methyl sites for hydroxylation is 3. The molecule has 3 rings (SSSR count). The van der Waals surface area contributed by atoms with Gasteiger partial charge in [0.2, 0.25) is 5.91 Å². The summed E-state index contributed by atoms with van der Waals surface area (Å²) in [5.74, 6) is 1.51. The molecule has 1 aromatic carbocycles. The summed E-state index contributed by atoms with van der Waals surface area (Å²) in [6.07, 6.45) is 5.67. The monoisotopic (exact) mass is 314 g/mol. The van der Waals surface area contributed by atoms with Crippen molar-refractivity contribution in [1.29, 1.82) is 0 Å². The number of amides is 1. The summed E-state index contributed by atoms with van der Waals surface area (Å²) in [6.45, 7) is 7.03. The molecule has 23 heavy (non-hydrogen) atoms. The first-order valence-corrected chi connectivity index (χ1v) is 9.05. The van der Waals surface area contributed by atoms with Crippen LogP contribution in [0.25, 0.3) is 0 Å². The molecule has 1 aromatic rings. The Morgan fingerprint density at radius 2 is 1.70 bits per heavy atom. The largest absolute Gasteiger partial charge is 0.352 e. The minimum absolute atomic E-state index is 0.163. The predicted octanol–water partition coefficient (Wildman–Crippen LogP) is 3.38. The van der Waals surface area contributed by atoms with Gasteiger partial charge in [0.1, 0.15) is 0 Å². The van der Waals surface area contributed by atoms with Gasteiger partial charge in [0.05, 0.1) is 0 Å². The van der Waals surface area contributed by atoms with E-state index in [-0.39, 0.29) is 11.8 Å². The van der Waals surface area contributed by atoms with Gasteiger partial charge in [-0.1, -0.05) is 24.1 Å². The van der Waals surface area contributed by atoms with Gasteiger partial charge in [-0.15, -0.1) is 0 Å². The third kappa shape index (κ3) is 3.45. The second kappa shape index (κ2) is 6.64. The smallest absolute Gasteiger partial charge is 0.223 e. The zero-order valence-corrected chi connectivity index (χ0v) is 14.7. The fourth-order valence-corrected chi connectivity index (χ4v) is 4.81. The average Bonchev–Trinajstić information content (AvgIpc) is 2.45. The van der Waals surface area contributed by atoms with Crippen molar-refractivity contribution in [3.63, 3.8) is 0 Å². The van der Waals surface area contributed by atoms with Crippen LogP contribution < -0.4 is 11.1 Å². The summed E-state index contributed by atoms with van der Waals surface area (Å²) in [5, 5.41) is 3.19. The number of carbonyl (C=O) groups excluding carboxylic acids is 1. The standard InChI is InChI=1S/C20H30N2O/c1-12-7-13(2)18(14(3)8-12)11-22-20(23)17-9-15-5-4-6-16(10-17)19(15)21/h7-8,15-17,19H,4-6,9-11,21H2,1-3H3,(H,22,23). The number of hydrogen-bond donors (Lipinski definition) is 2. The zero-order chi connectivity index (χ0) is 16.6. The van der Waals surface area contributed by atoms with E-state index in [0.29, 0.717) is 24.4 Å². The molecule has 3 N–H and O–H groups in total. The maximum atomic E-state index is 12.6. The Morgan fingerprint density at radius 1 is 1.13 bits per heavy atom. The van der Waals surface area contributed by atoms with Gasteiger partial charge in [0.25, 0.3) is 0 Å². The van der Waals surface area contributed by atoms with Gasteiger partial charge in [-0.25, -0.2) is 0 Å². The second-order valence-electron chi connectivity index (χ2n) is 7.79. The number of benzene rings is 1. The van der Waals surface area contributed by atoms with Crippen molar-refractivity contribution in [2.45, 2.75) is 65.5 Å². The molecule has 0 aromatic heterocycles. The third-order valence-electron chi connectivity index (χ3n) is 6.06. The number of rotatable bonds is 3. The molecule has 3 nitrogen and oxygen atoms in total. The molecule has 0 aliphatic heterocycles. The summed E-state index contributed by atoms with van der Waals surface area (Å²) in [7, 11) is 0. The lowest BCUT2D eigenvalue weighted by Gasteiger charge is -2.43. The highest BCUT2D eigenvalue weighted by Gasteiger charge is 2.40. The van der Waals surface area contributed by atoms with Crippen LogP contribution in [0.15, 0.2) is 12.1 Å². The summed E-state index contributed by atoms with van der Waals surface area (Å²) >= 11 is 0. The van der Waals surface area contributed by atoms with Gasteiger partial charge in [-0.2, -0.15) is 0 Å². The van der Waals surface area contributed by atoms with Gasteiger partial charge < -0.3 is 11.1 Å². The fourth-order valence-electron chi connectivity index (χ4n) is 4.81. The van der Waals surface area contributed by atoms with E-state index in [1.165, 1.54) is 41.5 Å². The second-order valence-corrected chi connectivity index (χ2v) is 7.79. The molecular formula is C20H30N2O. The maximum Gasteiger partial charge on any atom is 0.223 e. The minimum Gasteiger partial charge on any atom is -0.352 e. The Balaban J connectivity index is 1.62. The molecular weight excluding hydrogens is 284 g/mol. The van der Waals surface area contributed by atoms with Crippen molar-refractivity contribution in [3.05, 3.63) is 34.4 Å². The topological polar surface area (TPSA) is 55.1 Å². The van der Waals surface area contributed by atoms with E-state index in [1.807, 2.05) is 0 Å². The number of fused-ring (bicyclic) bond motifs is 2. The van der Waals surface area contributed by atoms with E-state index in [4.69, 9.17) is 5.73 Å². The van der Waals surface area contributed by atoms with E-state index < -0.39 is 0 Å². The Hall–Kier alpha value is -1.35. The highest BCUT2D eigenvalue weighted by molar-refractivity contribution is 5.79. The molecule has 0 spiro atoms. The highest BCUT2D eigenvalue weighted by Crippen LogP contribution is 2.41. The van der Waals surface area contributed by atoms with Crippen LogP contribution >= 0.6 is 0 Å². The van der Waals surface area contributed by atoms with Crippen molar-refractivity contribution < 1.29 is 4.79 Å². The average molecular weight is 314 g/mol. The van der Waals surface area contributed by atoms with Gasteiger partial charge in [-0.3, -0.25) is 4.79 Å². The lowest BCUT2D eigenvalue weighted by molar-refractivity contribution is -0.128. The van der Waals surface area contributed by atoms with Gasteiger partial charge in [0.15, 0.2) is 0 Å². The van der Waals surface area contributed by atoms with E-state index in [1.54, 1.807) is 0 Å². The van der Waals surface area contributed by atoms with Crippen LogP contribution in [0.3, 0.4) is 0 Å². The molecule has 0 radical (unpaired) electrons. The normalized spacial score (nSPS) is 30.1. The van der Waals surface area contributed by atoms with Gasteiger partial charge >= 0.3 is 0 Å². The van der Waals surface area contributed by atoms with Crippen LogP contribution in [0.2, 0.25) is 0 Å². The third-order valence-corrected chi connectivity index (χ3v) is 6.06. The lowest BCUT2D eigenvalue weighted by Crippen LogP contribution is -2.49. The number of carbonyl (C=O) groups is 1. The van der Waals surface area contributed by atoms with Crippen LogP contribution in [0.5, 0.6) is 0 Å². The van der Waals surface area contributed by atoms with Gasteiger partial charge in [0, 0.05) is 18.5 Å². The first kappa shape index (κ1) is 16.5. The van der Waals surface area contributed by atoms with Crippen molar-refractivity contribution in [2.75, 3.05) is 0 Å². The summed E-state index contributed by atoms with van der Waals surface area (Å²) < 4.78 is 0. The lowest BCUT2D eigenvalue weighted by atomic mass is 9.65. The van der Waals surface area contributed by atoms with Crippen LogP contribution in [-0.2, 0) is 11.3 Å². The number of nitrogens with two attached hydrogens (primary N) is 1. The molecule has 2 aliphatic carbocycles. The first-order valence-electron chi connectivity index (χ1n) is 9.05. The molecule has 2 unspecified atom stereocenters.